The summed E-state index contributed by atoms with van der Waals surface area (Å²) >= 11 is 0. The molecule has 24 heavy (non-hydrogen) atoms. The lowest BCUT2D eigenvalue weighted by Crippen LogP contribution is -2.07. The van der Waals surface area contributed by atoms with Crippen LogP contribution in [0.15, 0.2) is 47.2 Å². The van der Waals surface area contributed by atoms with Crippen LogP contribution in [0.3, 0.4) is 0 Å². The summed E-state index contributed by atoms with van der Waals surface area (Å²) in [5, 5.41) is 3.97. The van der Waals surface area contributed by atoms with E-state index in [4.69, 9.17) is 14.0 Å². The number of aromatic nitrogens is 3. The molecule has 0 saturated heterocycles. The van der Waals surface area contributed by atoms with Crippen LogP contribution >= 0.6 is 0 Å². The van der Waals surface area contributed by atoms with Gasteiger partial charge in [0.05, 0.1) is 19.0 Å². The van der Waals surface area contributed by atoms with Crippen LogP contribution in [0.2, 0.25) is 0 Å². The smallest absolute Gasteiger partial charge is 0.358 e. The number of hydrogen-bond acceptors (Lipinski definition) is 7. The van der Waals surface area contributed by atoms with E-state index >= 15 is 0 Å². The van der Waals surface area contributed by atoms with Gasteiger partial charge in [-0.1, -0.05) is 5.16 Å². The summed E-state index contributed by atoms with van der Waals surface area (Å²) in [6.07, 6.45) is 2.88. The van der Waals surface area contributed by atoms with E-state index in [0.29, 0.717) is 11.5 Å². The molecule has 0 atom stereocenters. The van der Waals surface area contributed by atoms with Gasteiger partial charge in [0.25, 0.3) is 0 Å². The molecule has 0 unspecified atom stereocenters. The van der Waals surface area contributed by atoms with Crippen molar-refractivity contribution in [3.63, 3.8) is 0 Å². The van der Waals surface area contributed by atoms with E-state index in [1.54, 1.807) is 20.1 Å². The van der Waals surface area contributed by atoms with Crippen LogP contribution in [0.5, 0.6) is 5.75 Å². The van der Waals surface area contributed by atoms with E-state index in [9.17, 15) is 4.79 Å². The third kappa shape index (κ3) is 3.57. The lowest BCUT2D eigenvalue weighted by atomic mass is 10.1. The number of hydrogen-bond donors (Lipinski definition) is 0. The molecule has 2 heterocycles. The molecular weight excluding hydrogens is 310 g/mol. The predicted molar refractivity (Wildman–Crippen MR) is 84.4 cm³/mol. The van der Waals surface area contributed by atoms with Crippen molar-refractivity contribution in [3.8, 4) is 17.0 Å². The fourth-order valence-corrected chi connectivity index (χ4v) is 1.99. The number of rotatable bonds is 5. The molecule has 2 aromatic heterocycles. The Morgan fingerprint density at radius 1 is 1.17 bits per heavy atom. The van der Waals surface area contributed by atoms with Gasteiger partial charge in [-0.25, -0.2) is 9.78 Å². The minimum Gasteiger partial charge on any atom is -0.497 e. The minimum atomic E-state index is -0.565. The zero-order valence-electron chi connectivity index (χ0n) is 13.2. The highest BCUT2D eigenvalue weighted by Gasteiger charge is 2.12. The Kier molecular flexibility index (Phi) is 4.51. The van der Waals surface area contributed by atoms with Crippen LogP contribution in [0.4, 0.5) is 0 Å². The number of carbonyl (C=O) groups is 1. The van der Waals surface area contributed by atoms with Crippen molar-refractivity contribution in [3.05, 3.63) is 59.9 Å². The monoisotopic (exact) mass is 325 g/mol. The Bertz CT molecular complexity index is 826. The number of benzene rings is 1. The van der Waals surface area contributed by atoms with Crippen molar-refractivity contribution in [1.29, 1.82) is 0 Å². The molecule has 0 fully saturated rings. The largest absolute Gasteiger partial charge is 0.497 e. The normalized spacial score (nSPS) is 10.4. The van der Waals surface area contributed by atoms with Crippen LogP contribution in [0, 0.1) is 6.92 Å². The molecule has 0 spiro atoms. The first-order valence-corrected chi connectivity index (χ1v) is 7.21. The van der Waals surface area contributed by atoms with E-state index < -0.39 is 5.97 Å². The van der Waals surface area contributed by atoms with E-state index in [-0.39, 0.29) is 12.3 Å². The molecule has 0 amide bonds. The average Bonchev–Trinajstić information content (AvgIpc) is 3.09. The van der Waals surface area contributed by atoms with Crippen molar-refractivity contribution in [2.45, 2.75) is 13.5 Å². The van der Waals surface area contributed by atoms with Crippen LogP contribution in [-0.2, 0) is 11.3 Å². The fraction of sp³-hybridized carbons (Fsp3) is 0.176. The second kappa shape index (κ2) is 6.91. The van der Waals surface area contributed by atoms with Crippen molar-refractivity contribution in [2.75, 3.05) is 7.11 Å². The molecule has 0 saturated carbocycles. The molecule has 0 aliphatic carbocycles. The van der Waals surface area contributed by atoms with Crippen LogP contribution in [-0.4, -0.2) is 28.2 Å². The van der Waals surface area contributed by atoms with Crippen LogP contribution < -0.4 is 4.74 Å². The van der Waals surface area contributed by atoms with Crippen molar-refractivity contribution >= 4 is 5.97 Å². The van der Waals surface area contributed by atoms with Gasteiger partial charge in [-0.05, 0) is 31.2 Å². The molecule has 7 heteroatoms. The summed E-state index contributed by atoms with van der Waals surface area (Å²) < 4.78 is 15.4. The molecule has 3 rings (SSSR count). The maximum Gasteiger partial charge on any atom is 0.358 e. The van der Waals surface area contributed by atoms with Crippen molar-refractivity contribution in [1.82, 2.24) is 15.1 Å². The maximum absolute atomic E-state index is 11.9. The van der Waals surface area contributed by atoms with Gasteiger partial charge in [0.1, 0.15) is 11.4 Å². The van der Waals surface area contributed by atoms with Gasteiger partial charge in [-0.3, -0.25) is 4.98 Å². The lowest BCUT2D eigenvalue weighted by Gasteiger charge is -2.01. The third-order valence-corrected chi connectivity index (χ3v) is 3.28. The van der Waals surface area contributed by atoms with E-state index in [2.05, 4.69) is 15.1 Å². The summed E-state index contributed by atoms with van der Waals surface area (Å²) in [4.78, 5) is 19.8. The number of esters is 1. The summed E-state index contributed by atoms with van der Waals surface area (Å²) in [5.41, 5.74) is 2.40. The summed E-state index contributed by atoms with van der Waals surface area (Å²) in [6, 6.07) is 9.12. The Morgan fingerprint density at radius 3 is 2.62 bits per heavy atom. The highest BCUT2D eigenvalue weighted by atomic mass is 16.5. The van der Waals surface area contributed by atoms with Crippen LogP contribution in [0.1, 0.15) is 21.9 Å². The highest BCUT2D eigenvalue weighted by Crippen LogP contribution is 2.22. The predicted octanol–water partition coefficient (Wildman–Crippen LogP) is 2.81. The van der Waals surface area contributed by atoms with E-state index in [1.165, 1.54) is 12.4 Å². The first kappa shape index (κ1) is 15.7. The molecule has 122 valence electrons. The second-order valence-electron chi connectivity index (χ2n) is 5.03. The molecule has 0 N–H and O–H groups in total. The zero-order chi connectivity index (χ0) is 16.9. The minimum absolute atomic E-state index is 0.0302. The average molecular weight is 325 g/mol. The molecule has 0 radical (unpaired) electrons. The van der Waals surface area contributed by atoms with Gasteiger partial charge in [0.2, 0.25) is 0 Å². The zero-order valence-corrected chi connectivity index (χ0v) is 13.2. The molecule has 1 aromatic carbocycles. The Balaban J connectivity index is 1.63. The highest BCUT2D eigenvalue weighted by molar-refractivity contribution is 5.86. The second-order valence-corrected chi connectivity index (χ2v) is 5.03. The van der Waals surface area contributed by atoms with Gasteiger partial charge < -0.3 is 14.0 Å². The van der Waals surface area contributed by atoms with Gasteiger partial charge in [-0.15, -0.1) is 0 Å². The van der Waals surface area contributed by atoms with E-state index in [1.807, 2.05) is 24.3 Å². The number of nitrogens with zero attached hydrogens (tertiary/aromatic N) is 3. The topological polar surface area (TPSA) is 87.3 Å². The van der Waals surface area contributed by atoms with Crippen LogP contribution in [0.25, 0.3) is 11.3 Å². The standard InChI is InChI=1S/C17H15N3O4/c1-11-8-19-16(9-18-11)17(21)23-10-14-7-15(20-24-14)12-3-5-13(22-2)6-4-12/h3-9H,10H2,1-2H3. The molecule has 0 bridgehead atoms. The third-order valence-electron chi connectivity index (χ3n) is 3.28. The summed E-state index contributed by atoms with van der Waals surface area (Å²) in [7, 11) is 1.61. The van der Waals surface area contributed by atoms with Gasteiger partial charge in [0, 0.05) is 17.8 Å². The number of ether oxygens (including phenoxy) is 2. The first-order valence-electron chi connectivity index (χ1n) is 7.21. The quantitative estimate of drug-likeness (QED) is 0.666. The Labute approximate surface area is 138 Å². The van der Waals surface area contributed by atoms with Crippen molar-refractivity contribution in [2.24, 2.45) is 0 Å². The number of aryl methyl sites for hydroxylation is 1. The molecular formula is C17H15N3O4. The SMILES string of the molecule is COc1ccc(-c2cc(COC(=O)c3cnc(C)cn3)on2)cc1. The molecule has 0 aliphatic rings. The Hall–Kier alpha value is -3.22. The van der Waals surface area contributed by atoms with Crippen molar-refractivity contribution < 1.29 is 18.8 Å². The van der Waals surface area contributed by atoms with E-state index in [0.717, 1.165) is 17.0 Å². The summed E-state index contributed by atoms with van der Waals surface area (Å²) in [5.74, 6) is 0.634. The molecule has 7 nitrogen and oxygen atoms in total. The van der Waals surface area contributed by atoms with Gasteiger partial charge in [-0.2, -0.15) is 0 Å². The van der Waals surface area contributed by atoms with Gasteiger partial charge in [0.15, 0.2) is 18.1 Å². The first-order chi connectivity index (χ1) is 11.7. The number of carbonyl (C=O) groups excluding carboxylic acids is 1. The molecule has 3 aromatic rings. The van der Waals surface area contributed by atoms with Gasteiger partial charge >= 0.3 is 5.97 Å². The fourth-order valence-electron chi connectivity index (χ4n) is 1.99. The Morgan fingerprint density at radius 2 is 1.96 bits per heavy atom. The maximum atomic E-state index is 11.9. The number of methoxy groups -OCH3 is 1. The lowest BCUT2D eigenvalue weighted by molar-refractivity contribution is 0.0430. The molecule has 0 aliphatic heterocycles. The summed E-state index contributed by atoms with van der Waals surface area (Å²) in [6.45, 7) is 1.76.